The van der Waals surface area contributed by atoms with Gasteiger partial charge in [-0.1, -0.05) is 11.6 Å². The summed E-state index contributed by atoms with van der Waals surface area (Å²) in [4.78, 5) is 18.1. The van der Waals surface area contributed by atoms with E-state index in [4.69, 9.17) is 16.7 Å². The van der Waals surface area contributed by atoms with Crippen molar-refractivity contribution in [2.24, 2.45) is 5.92 Å². The highest BCUT2D eigenvalue weighted by Gasteiger charge is 2.24. The number of carbonyl (C=O) groups is 1. The third-order valence-electron chi connectivity index (χ3n) is 3.28. The van der Waals surface area contributed by atoms with Gasteiger partial charge in [-0.05, 0) is 37.3 Å². The molecule has 18 heavy (non-hydrogen) atoms. The maximum atomic E-state index is 12.2. The molecule has 1 aliphatic heterocycles. The number of halogens is 1. The number of aliphatic hydroxyl groups is 1. The minimum Gasteiger partial charge on any atom is -0.396 e. The van der Waals surface area contributed by atoms with Crippen molar-refractivity contribution < 1.29 is 9.90 Å². The fraction of sp³-hybridized carbons (Fsp3) is 0.538. The lowest BCUT2D eigenvalue weighted by molar-refractivity contribution is 0.0648. The fourth-order valence-electron chi connectivity index (χ4n) is 2.35. The molecule has 1 atom stereocenters. The molecule has 1 unspecified atom stereocenters. The summed E-state index contributed by atoms with van der Waals surface area (Å²) in [5.74, 6) is 0.326. The first-order valence-electron chi connectivity index (χ1n) is 6.22. The lowest BCUT2D eigenvalue weighted by Crippen LogP contribution is -2.40. The van der Waals surface area contributed by atoms with Gasteiger partial charge < -0.3 is 10.0 Å². The predicted octanol–water partition coefficient (Wildman–Crippen LogP) is 1.97. The maximum absolute atomic E-state index is 12.2. The van der Waals surface area contributed by atoms with Gasteiger partial charge in [0.05, 0.1) is 0 Å². The van der Waals surface area contributed by atoms with Crippen molar-refractivity contribution in [3.8, 4) is 0 Å². The summed E-state index contributed by atoms with van der Waals surface area (Å²) < 4.78 is 0. The van der Waals surface area contributed by atoms with Crippen LogP contribution in [0.2, 0.25) is 5.02 Å². The monoisotopic (exact) mass is 268 g/mol. The Kier molecular flexibility index (Phi) is 4.55. The Hall–Kier alpha value is -1.13. The van der Waals surface area contributed by atoms with E-state index in [1.165, 1.54) is 0 Å². The zero-order valence-electron chi connectivity index (χ0n) is 10.2. The lowest BCUT2D eigenvalue weighted by atomic mass is 9.95. The van der Waals surface area contributed by atoms with E-state index >= 15 is 0 Å². The summed E-state index contributed by atoms with van der Waals surface area (Å²) in [5, 5.41) is 9.49. The average molecular weight is 269 g/mol. The molecule has 1 saturated heterocycles. The second-order valence-corrected chi connectivity index (χ2v) is 5.07. The Bertz CT molecular complexity index is 423. The number of nitrogens with zero attached hydrogens (tertiary/aromatic N) is 2. The number of pyridine rings is 1. The Morgan fingerprint density at radius 1 is 1.61 bits per heavy atom. The molecule has 1 aromatic heterocycles. The normalized spacial score (nSPS) is 19.9. The molecule has 2 rings (SSSR count). The Morgan fingerprint density at radius 3 is 3.17 bits per heavy atom. The molecule has 1 aliphatic rings. The Morgan fingerprint density at radius 2 is 2.44 bits per heavy atom. The van der Waals surface area contributed by atoms with Gasteiger partial charge >= 0.3 is 0 Å². The van der Waals surface area contributed by atoms with Gasteiger partial charge in [0.1, 0.15) is 5.69 Å². The van der Waals surface area contributed by atoms with E-state index in [-0.39, 0.29) is 12.5 Å². The van der Waals surface area contributed by atoms with Gasteiger partial charge in [0.25, 0.3) is 5.91 Å². The SMILES string of the molecule is O=C(c1cc(Cl)ccn1)N1CCCC(CCO)C1. The minimum absolute atomic E-state index is 0.0693. The summed E-state index contributed by atoms with van der Waals surface area (Å²) in [5.41, 5.74) is 0.396. The number of piperidine rings is 1. The summed E-state index contributed by atoms with van der Waals surface area (Å²) >= 11 is 5.86. The van der Waals surface area contributed by atoms with Crippen LogP contribution in [0.25, 0.3) is 0 Å². The van der Waals surface area contributed by atoms with E-state index in [2.05, 4.69) is 4.98 Å². The van der Waals surface area contributed by atoms with Crippen LogP contribution in [0.15, 0.2) is 18.3 Å². The highest BCUT2D eigenvalue weighted by molar-refractivity contribution is 6.30. The van der Waals surface area contributed by atoms with E-state index in [0.29, 0.717) is 23.2 Å². The van der Waals surface area contributed by atoms with Crippen molar-refractivity contribution in [2.75, 3.05) is 19.7 Å². The first-order chi connectivity index (χ1) is 8.70. The van der Waals surface area contributed by atoms with Crippen molar-refractivity contribution in [1.82, 2.24) is 9.88 Å². The first kappa shape index (κ1) is 13.3. The van der Waals surface area contributed by atoms with E-state index in [9.17, 15) is 4.79 Å². The number of likely N-dealkylation sites (tertiary alicyclic amines) is 1. The number of amides is 1. The van der Waals surface area contributed by atoms with E-state index in [1.807, 2.05) is 4.90 Å². The van der Waals surface area contributed by atoms with Gasteiger partial charge in [-0.2, -0.15) is 0 Å². The third-order valence-corrected chi connectivity index (χ3v) is 3.52. The average Bonchev–Trinajstić information content (AvgIpc) is 2.39. The molecule has 2 heterocycles. The number of aromatic nitrogens is 1. The summed E-state index contributed by atoms with van der Waals surface area (Å²) in [6, 6.07) is 3.25. The molecular weight excluding hydrogens is 252 g/mol. The van der Waals surface area contributed by atoms with Gasteiger partial charge in [-0.3, -0.25) is 9.78 Å². The van der Waals surface area contributed by atoms with Crippen molar-refractivity contribution in [3.05, 3.63) is 29.0 Å². The van der Waals surface area contributed by atoms with E-state index in [0.717, 1.165) is 25.8 Å². The van der Waals surface area contributed by atoms with Crippen LogP contribution in [0.4, 0.5) is 0 Å². The number of hydrogen-bond donors (Lipinski definition) is 1. The van der Waals surface area contributed by atoms with Crippen molar-refractivity contribution in [2.45, 2.75) is 19.3 Å². The zero-order valence-corrected chi connectivity index (χ0v) is 10.9. The van der Waals surface area contributed by atoms with E-state index in [1.54, 1.807) is 18.3 Å². The highest BCUT2D eigenvalue weighted by atomic mass is 35.5. The molecule has 5 heteroatoms. The minimum atomic E-state index is -0.0693. The quantitative estimate of drug-likeness (QED) is 0.912. The predicted molar refractivity (Wildman–Crippen MR) is 69.6 cm³/mol. The molecule has 0 bridgehead atoms. The van der Waals surface area contributed by atoms with Crippen LogP contribution >= 0.6 is 11.6 Å². The molecule has 1 amide bonds. The molecule has 0 saturated carbocycles. The molecule has 98 valence electrons. The molecule has 0 aliphatic carbocycles. The highest BCUT2D eigenvalue weighted by Crippen LogP contribution is 2.21. The van der Waals surface area contributed by atoms with Crippen LogP contribution < -0.4 is 0 Å². The largest absolute Gasteiger partial charge is 0.396 e. The smallest absolute Gasteiger partial charge is 0.272 e. The molecule has 0 aromatic carbocycles. The van der Waals surface area contributed by atoms with Gasteiger partial charge in [0, 0.05) is 30.9 Å². The van der Waals surface area contributed by atoms with Crippen molar-refractivity contribution >= 4 is 17.5 Å². The van der Waals surface area contributed by atoms with Gasteiger partial charge in [0.2, 0.25) is 0 Å². The third kappa shape index (κ3) is 3.21. The zero-order chi connectivity index (χ0) is 13.0. The van der Waals surface area contributed by atoms with Crippen LogP contribution in [0.5, 0.6) is 0 Å². The first-order valence-corrected chi connectivity index (χ1v) is 6.60. The van der Waals surface area contributed by atoms with Gasteiger partial charge in [0.15, 0.2) is 0 Å². The molecular formula is C13H17ClN2O2. The number of hydrogen-bond acceptors (Lipinski definition) is 3. The standard InChI is InChI=1S/C13H17ClN2O2/c14-11-3-5-15-12(8-11)13(18)16-6-1-2-10(9-16)4-7-17/h3,5,8,10,17H,1-2,4,6-7,9H2. The number of carbonyl (C=O) groups excluding carboxylic acids is 1. The molecule has 1 fully saturated rings. The molecule has 0 spiro atoms. The summed E-state index contributed by atoms with van der Waals surface area (Å²) in [6.45, 7) is 1.64. The van der Waals surface area contributed by atoms with Crippen LogP contribution in [0.1, 0.15) is 29.8 Å². The maximum Gasteiger partial charge on any atom is 0.272 e. The fourth-order valence-corrected chi connectivity index (χ4v) is 2.51. The molecule has 1 aromatic rings. The Labute approximate surface area is 112 Å². The van der Waals surface area contributed by atoms with Gasteiger partial charge in [-0.15, -0.1) is 0 Å². The second-order valence-electron chi connectivity index (χ2n) is 4.63. The molecule has 1 N–H and O–H groups in total. The van der Waals surface area contributed by atoms with Crippen LogP contribution in [0, 0.1) is 5.92 Å². The van der Waals surface area contributed by atoms with E-state index < -0.39 is 0 Å². The number of aliphatic hydroxyl groups excluding tert-OH is 1. The van der Waals surface area contributed by atoms with Crippen LogP contribution in [0.3, 0.4) is 0 Å². The van der Waals surface area contributed by atoms with Crippen molar-refractivity contribution in [1.29, 1.82) is 0 Å². The lowest BCUT2D eigenvalue weighted by Gasteiger charge is -2.32. The van der Waals surface area contributed by atoms with Crippen LogP contribution in [-0.4, -0.2) is 40.6 Å². The molecule has 0 radical (unpaired) electrons. The summed E-state index contributed by atoms with van der Waals surface area (Å²) in [7, 11) is 0. The van der Waals surface area contributed by atoms with Crippen molar-refractivity contribution in [3.63, 3.8) is 0 Å². The molecule has 4 nitrogen and oxygen atoms in total. The van der Waals surface area contributed by atoms with Crippen LogP contribution in [-0.2, 0) is 0 Å². The van der Waals surface area contributed by atoms with Gasteiger partial charge in [-0.25, -0.2) is 0 Å². The summed E-state index contributed by atoms with van der Waals surface area (Å²) in [6.07, 6.45) is 4.36. The topological polar surface area (TPSA) is 53.4 Å². The second kappa shape index (κ2) is 6.16. The Balaban J connectivity index is 2.04. The number of rotatable bonds is 3.